The minimum Gasteiger partial charge on any atom is -0.472 e. The highest BCUT2D eigenvalue weighted by atomic mass is 16.6. The molecule has 0 aliphatic heterocycles. The number of nitro benzene ring substituents is 1. The van der Waals surface area contributed by atoms with Crippen LogP contribution in [0.5, 0.6) is 0 Å². The molecule has 3 rings (SSSR count). The highest BCUT2D eigenvalue weighted by molar-refractivity contribution is 5.82. The van der Waals surface area contributed by atoms with Gasteiger partial charge in [0.15, 0.2) is 0 Å². The summed E-state index contributed by atoms with van der Waals surface area (Å²) in [5, 5.41) is 11.6. The third-order valence-electron chi connectivity index (χ3n) is 2.90. The maximum Gasteiger partial charge on any atom is 0.270 e. The second-order valence-corrected chi connectivity index (χ2v) is 4.08. The Morgan fingerprint density at radius 2 is 2.17 bits per heavy atom. The summed E-state index contributed by atoms with van der Waals surface area (Å²) in [6.45, 7) is 0.692. The number of nitrogens with zero attached hydrogens (tertiary/aromatic N) is 2. The predicted octanol–water partition coefficient (Wildman–Crippen LogP) is 3.19. The van der Waals surface area contributed by atoms with E-state index in [1.807, 2.05) is 22.9 Å². The molecule has 90 valence electrons. The van der Waals surface area contributed by atoms with Gasteiger partial charge in [-0.1, -0.05) is 0 Å². The van der Waals surface area contributed by atoms with E-state index in [9.17, 15) is 10.1 Å². The van der Waals surface area contributed by atoms with Crippen LogP contribution in [0.1, 0.15) is 5.56 Å². The summed E-state index contributed by atoms with van der Waals surface area (Å²) in [7, 11) is 0. The zero-order chi connectivity index (χ0) is 12.5. The molecule has 5 nitrogen and oxygen atoms in total. The van der Waals surface area contributed by atoms with Crippen molar-refractivity contribution < 1.29 is 9.34 Å². The fourth-order valence-electron chi connectivity index (χ4n) is 2.02. The van der Waals surface area contributed by atoms with E-state index in [1.54, 1.807) is 24.7 Å². The van der Waals surface area contributed by atoms with Crippen LogP contribution in [0.15, 0.2) is 53.5 Å². The van der Waals surface area contributed by atoms with Crippen LogP contribution < -0.4 is 0 Å². The first-order valence-corrected chi connectivity index (χ1v) is 5.48. The van der Waals surface area contributed by atoms with Crippen molar-refractivity contribution in [2.24, 2.45) is 0 Å². The number of benzene rings is 1. The normalized spacial score (nSPS) is 10.9. The van der Waals surface area contributed by atoms with Gasteiger partial charge in [-0.15, -0.1) is 0 Å². The lowest BCUT2D eigenvalue weighted by atomic mass is 10.2. The molecule has 2 heterocycles. The molecule has 0 saturated heterocycles. The molecule has 0 saturated carbocycles. The molecular weight excluding hydrogens is 232 g/mol. The summed E-state index contributed by atoms with van der Waals surface area (Å²) in [6, 6.07) is 8.66. The first kappa shape index (κ1) is 10.6. The highest BCUT2D eigenvalue weighted by Gasteiger charge is 2.09. The Morgan fingerprint density at radius 1 is 1.28 bits per heavy atom. The molecule has 0 radical (unpaired) electrons. The van der Waals surface area contributed by atoms with Gasteiger partial charge in [0, 0.05) is 34.8 Å². The van der Waals surface area contributed by atoms with Crippen molar-refractivity contribution in [3.8, 4) is 0 Å². The topological polar surface area (TPSA) is 61.2 Å². The Kier molecular flexibility index (Phi) is 2.37. The largest absolute Gasteiger partial charge is 0.472 e. The molecular formula is C13H10N2O3. The molecule has 0 unspecified atom stereocenters. The van der Waals surface area contributed by atoms with Crippen LogP contribution in [0.25, 0.3) is 10.9 Å². The fraction of sp³-hybridized carbons (Fsp3) is 0.0769. The van der Waals surface area contributed by atoms with Crippen LogP contribution in [0, 0.1) is 10.1 Å². The lowest BCUT2D eigenvalue weighted by Gasteiger charge is -2.02. The molecule has 0 spiro atoms. The first-order valence-electron chi connectivity index (χ1n) is 5.48. The second-order valence-electron chi connectivity index (χ2n) is 4.08. The summed E-state index contributed by atoms with van der Waals surface area (Å²) in [6.07, 6.45) is 5.24. The molecule has 18 heavy (non-hydrogen) atoms. The lowest BCUT2D eigenvalue weighted by molar-refractivity contribution is -0.384. The average molecular weight is 242 g/mol. The Morgan fingerprint density at radius 3 is 2.89 bits per heavy atom. The number of nitro groups is 1. The second kappa shape index (κ2) is 4.03. The molecule has 0 aliphatic carbocycles. The molecule has 0 amide bonds. The molecule has 0 atom stereocenters. The van der Waals surface area contributed by atoms with Gasteiger partial charge in [0.2, 0.25) is 0 Å². The Bertz CT molecular complexity index is 698. The Hall–Kier alpha value is -2.56. The van der Waals surface area contributed by atoms with E-state index in [0.717, 1.165) is 16.5 Å². The highest BCUT2D eigenvalue weighted by Crippen LogP contribution is 2.22. The fourth-order valence-corrected chi connectivity index (χ4v) is 2.02. The number of hydrogen-bond donors (Lipinski definition) is 0. The monoisotopic (exact) mass is 242 g/mol. The van der Waals surface area contributed by atoms with Gasteiger partial charge in [-0.05, 0) is 18.2 Å². The van der Waals surface area contributed by atoms with Crippen molar-refractivity contribution in [1.82, 2.24) is 4.57 Å². The zero-order valence-electron chi connectivity index (χ0n) is 9.45. The van der Waals surface area contributed by atoms with Gasteiger partial charge in [0.05, 0.1) is 24.0 Å². The summed E-state index contributed by atoms with van der Waals surface area (Å²) >= 11 is 0. The van der Waals surface area contributed by atoms with Crippen LogP contribution >= 0.6 is 0 Å². The van der Waals surface area contributed by atoms with Gasteiger partial charge < -0.3 is 8.98 Å². The predicted molar refractivity (Wildman–Crippen MR) is 66.4 cm³/mol. The van der Waals surface area contributed by atoms with Crippen molar-refractivity contribution >= 4 is 16.6 Å². The zero-order valence-corrected chi connectivity index (χ0v) is 9.45. The van der Waals surface area contributed by atoms with E-state index >= 15 is 0 Å². The van der Waals surface area contributed by atoms with E-state index in [4.69, 9.17) is 4.42 Å². The molecule has 1 aromatic carbocycles. The van der Waals surface area contributed by atoms with Crippen molar-refractivity contribution in [2.75, 3.05) is 0 Å². The van der Waals surface area contributed by atoms with Gasteiger partial charge in [-0.25, -0.2) is 0 Å². The van der Waals surface area contributed by atoms with Crippen LogP contribution in [0.2, 0.25) is 0 Å². The number of fused-ring (bicyclic) bond motifs is 1. The van der Waals surface area contributed by atoms with Gasteiger partial charge >= 0.3 is 0 Å². The van der Waals surface area contributed by atoms with Crippen molar-refractivity contribution in [3.63, 3.8) is 0 Å². The molecule has 3 aromatic rings. The molecule has 0 aliphatic rings. The molecule has 2 aromatic heterocycles. The van der Waals surface area contributed by atoms with Crippen LogP contribution in [-0.4, -0.2) is 9.49 Å². The molecule has 0 bridgehead atoms. The van der Waals surface area contributed by atoms with E-state index < -0.39 is 0 Å². The van der Waals surface area contributed by atoms with Gasteiger partial charge in [0.1, 0.15) is 0 Å². The third kappa shape index (κ3) is 1.75. The number of rotatable bonds is 3. The van der Waals surface area contributed by atoms with Crippen LogP contribution in [0.4, 0.5) is 5.69 Å². The maximum atomic E-state index is 10.7. The van der Waals surface area contributed by atoms with Crippen molar-refractivity contribution in [3.05, 3.63) is 64.7 Å². The van der Waals surface area contributed by atoms with Gasteiger partial charge in [-0.2, -0.15) is 0 Å². The van der Waals surface area contributed by atoms with Gasteiger partial charge in [0.25, 0.3) is 5.69 Å². The third-order valence-corrected chi connectivity index (χ3v) is 2.90. The number of hydrogen-bond acceptors (Lipinski definition) is 3. The van der Waals surface area contributed by atoms with Crippen LogP contribution in [-0.2, 0) is 6.54 Å². The Balaban J connectivity index is 2.02. The maximum absolute atomic E-state index is 10.7. The minimum absolute atomic E-state index is 0.114. The summed E-state index contributed by atoms with van der Waals surface area (Å²) < 4.78 is 7.05. The van der Waals surface area contributed by atoms with E-state index in [-0.39, 0.29) is 10.6 Å². The van der Waals surface area contributed by atoms with E-state index in [0.29, 0.717) is 6.54 Å². The van der Waals surface area contributed by atoms with Gasteiger partial charge in [-0.3, -0.25) is 10.1 Å². The molecule has 0 fully saturated rings. The first-order chi connectivity index (χ1) is 8.74. The summed E-state index contributed by atoms with van der Waals surface area (Å²) in [5.41, 5.74) is 2.15. The Labute approximate surface area is 102 Å². The molecule has 0 N–H and O–H groups in total. The summed E-state index contributed by atoms with van der Waals surface area (Å²) in [5.74, 6) is 0. The summed E-state index contributed by atoms with van der Waals surface area (Å²) in [4.78, 5) is 10.3. The van der Waals surface area contributed by atoms with E-state index in [1.165, 1.54) is 6.07 Å². The quantitative estimate of drug-likeness (QED) is 0.523. The molecule has 5 heteroatoms. The van der Waals surface area contributed by atoms with Crippen LogP contribution in [0.3, 0.4) is 0 Å². The average Bonchev–Trinajstić information content (AvgIpc) is 2.99. The number of aromatic nitrogens is 1. The van der Waals surface area contributed by atoms with E-state index in [2.05, 4.69) is 0 Å². The number of non-ortho nitro benzene ring substituents is 1. The standard InChI is InChI=1S/C13H10N2O3/c16-15(17)12-1-2-13-11(7-12)3-5-14(13)8-10-4-6-18-9-10/h1-7,9H,8H2. The van der Waals surface area contributed by atoms with Crippen molar-refractivity contribution in [2.45, 2.75) is 6.54 Å². The van der Waals surface area contributed by atoms with Crippen molar-refractivity contribution in [1.29, 1.82) is 0 Å². The minimum atomic E-state index is -0.382. The lowest BCUT2D eigenvalue weighted by Crippen LogP contribution is -1.96. The SMILES string of the molecule is O=[N+]([O-])c1ccc2c(ccn2Cc2ccoc2)c1. The number of furan rings is 1. The smallest absolute Gasteiger partial charge is 0.270 e.